The maximum absolute atomic E-state index is 5.65. The summed E-state index contributed by atoms with van der Waals surface area (Å²) in [5.74, 6) is 0.850. The third-order valence-corrected chi connectivity index (χ3v) is 3.94. The van der Waals surface area contributed by atoms with Gasteiger partial charge in [-0.25, -0.2) is 0 Å². The molecule has 0 heterocycles. The Morgan fingerprint density at radius 2 is 1.72 bits per heavy atom. The zero-order valence-corrected chi connectivity index (χ0v) is 13.3. The van der Waals surface area contributed by atoms with Crippen LogP contribution in [-0.2, 0) is 4.74 Å². The molecule has 0 aromatic carbocycles. The van der Waals surface area contributed by atoms with E-state index in [4.69, 9.17) is 4.74 Å². The summed E-state index contributed by atoms with van der Waals surface area (Å²) < 4.78 is 5.65. The molecule has 2 heteroatoms. The average Bonchev–Trinajstić information content (AvgIpc) is 2.41. The lowest BCUT2D eigenvalue weighted by Crippen LogP contribution is -2.42. The third kappa shape index (κ3) is 7.38. The predicted molar refractivity (Wildman–Crippen MR) is 81.1 cm³/mol. The van der Waals surface area contributed by atoms with Crippen LogP contribution < -0.4 is 5.32 Å². The number of nitrogens with one attached hydrogen (secondary N) is 1. The molecule has 0 aliphatic heterocycles. The molecule has 0 amide bonds. The molecule has 0 saturated heterocycles. The van der Waals surface area contributed by atoms with Crippen LogP contribution >= 0.6 is 0 Å². The fraction of sp³-hybridized carbons (Fsp3) is 1.00. The number of rotatable bonds is 12. The summed E-state index contributed by atoms with van der Waals surface area (Å²) in [5, 5.41) is 3.69. The van der Waals surface area contributed by atoms with Gasteiger partial charge < -0.3 is 10.1 Å². The van der Waals surface area contributed by atoms with Crippen LogP contribution in [0.5, 0.6) is 0 Å². The molecule has 2 nitrogen and oxygen atoms in total. The molecule has 18 heavy (non-hydrogen) atoms. The Balaban J connectivity index is 4.33. The molecular formula is C16H35NO. The quantitative estimate of drug-likeness (QED) is 0.560. The smallest absolute Gasteiger partial charge is 0.0721 e. The van der Waals surface area contributed by atoms with E-state index in [0.717, 1.165) is 18.9 Å². The lowest BCUT2D eigenvalue weighted by atomic mass is 9.89. The topological polar surface area (TPSA) is 21.3 Å². The summed E-state index contributed by atoms with van der Waals surface area (Å²) >= 11 is 0. The Morgan fingerprint density at radius 1 is 1.00 bits per heavy atom. The molecule has 0 aliphatic rings. The van der Waals surface area contributed by atoms with Crippen molar-refractivity contribution in [2.75, 3.05) is 13.7 Å². The normalized spacial score (nSPS) is 16.5. The molecule has 0 aromatic heterocycles. The predicted octanol–water partition coefficient (Wildman–Crippen LogP) is 4.39. The summed E-state index contributed by atoms with van der Waals surface area (Å²) in [6.45, 7) is 10.2. The summed E-state index contributed by atoms with van der Waals surface area (Å²) in [4.78, 5) is 0. The van der Waals surface area contributed by atoms with E-state index in [1.165, 1.54) is 38.5 Å². The van der Waals surface area contributed by atoms with Crippen LogP contribution in [0, 0.1) is 5.92 Å². The van der Waals surface area contributed by atoms with E-state index in [2.05, 4.69) is 33.0 Å². The van der Waals surface area contributed by atoms with Crippen LogP contribution in [0.3, 0.4) is 0 Å². The maximum Gasteiger partial charge on any atom is 0.0721 e. The van der Waals surface area contributed by atoms with Gasteiger partial charge in [-0.15, -0.1) is 0 Å². The lowest BCUT2D eigenvalue weighted by molar-refractivity contribution is 0.0558. The second-order valence-corrected chi connectivity index (χ2v) is 5.40. The summed E-state index contributed by atoms with van der Waals surface area (Å²) in [6.07, 6.45) is 9.27. The number of unbranched alkanes of at least 4 members (excludes halogenated alkanes) is 1. The Kier molecular flexibility index (Phi) is 11.9. The van der Waals surface area contributed by atoms with Gasteiger partial charge in [-0.1, -0.05) is 53.4 Å². The van der Waals surface area contributed by atoms with Gasteiger partial charge in [0.1, 0.15) is 0 Å². The fourth-order valence-electron chi connectivity index (χ4n) is 2.65. The van der Waals surface area contributed by atoms with Gasteiger partial charge in [0.2, 0.25) is 0 Å². The van der Waals surface area contributed by atoms with Crippen molar-refractivity contribution >= 4 is 0 Å². The highest BCUT2D eigenvalue weighted by Crippen LogP contribution is 2.21. The van der Waals surface area contributed by atoms with Crippen molar-refractivity contribution in [1.82, 2.24) is 5.32 Å². The second-order valence-electron chi connectivity index (χ2n) is 5.40. The maximum atomic E-state index is 5.65. The number of ether oxygens (including phenoxy) is 1. The van der Waals surface area contributed by atoms with Crippen LogP contribution in [0.1, 0.15) is 72.6 Å². The summed E-state index contributed by atoms with van der Waals surface area (Å²) in [6, 6.07) is 0.529. The zero-order chi connectivity index (χ0) is 13.8. The molecule has 0 saturated carbocycles. The van der Waals surface area contributed by atoms with E-state index >= 15 is 0 Å². The molecule has 3 unspecified atom stereocenters. The molecule has 0 fully saturated rings. The van der Waals surface area contributed by atoms with Crippen LogP contribution in [0.2, 0.25) is 0 Å². The highest BCUT2D eigenvalue weighted by atomic mass is 16.5. The molecule has 0 rings (SSSR count). The highest BCUT2D eigenvalue weighted by molar-refractivity contribution is 4.79. The Hall–Kier alpha value is -0.0800. The van der Waals surface area contributed by atoms with Crippen LogP contribution in [-0.4, -0.2) is 25.8 Å². The van der Waals surface area contributed by atoms with E-state index in [1.54, 1.807) is 0 Å². The van der Waals surface area contributed by atoms with Gasteiger partial charge in [0.15, 0.2) is 0 Å². The first-order valence-corrected chi connectivity index (χ1v) is 7.99. The standard InChI is InChI=1S/C16H35NO/c1-6-10-11-14(8-3)13-15(17-12-7-2)16(9-4)18-5/h14-17H,6-13H2,1-5H3. The first-order valence-electron chi connectivity index (χ1n) is 7.99. The second kappa shape index (κ2) is 12.0. The van der Waals surface area contributed by atoms with Crippen molar-refractivity contribution in [3.63, 3.8) is 0 Å². The summed E-state index contributed by atoms with van der Waals surface area (Å²) in [7, 11) is 1.85. The van der Waals surface area contributed by atoms with Crippen molar-refractivity contribution in [3.05, 3.63) is 0 Å². The Morgan fingerprint density at radius 3 is 2.17 bits per heavy atom. The van der Waals surface area contributed by atoms with E-state index in [1.807, 2.05) is 7.11 Å². The third-order valence-electron chi connectivity index (χ3n) is 3.94. The van der Waals surface area contributed by atoms with Gasteiger partial charge in [-0.3, -0.25) is 0 Å². The van der Waals surface area contributed by atoms with Crippen molar-refractivity contribution in [1.29, 1.82) is 0 Å². The molecule has 1 N–H and O–H groups in total. The van der Waals surface area contributed by atoms with Gasteiger partial charge in [0.25, 0.3) is 0 Å². The molecule has 110 valence electrons. The first-order chi connectivity index (χ1) is 8.73. The summed E-state index contributed by atoms with van der Waals surface area (Å²) in [5.41, 5.74) is 0. The number of methoxy groups -OCH3 is 1. The minimum Gasteiger partial charge on any atom is -0.380 e. The van der Waals surface area contributed by atoms with Crippen molar-refractivity contribution in [2.24, 2.45) is 5.92 Å². The minimum absolute atomic E-state index is 0.368. The van der Waals surface area contributed by atoms with Crippen LogP contribution in [0.15, 0.2) is 0 Å². The zero-order valence-electron chi connectivity index (χ0n) is 13.3. The number of hydrogen-bond donors (Lipinski definition) is 1. The van der Waals surface area contributed by atoms with Crippen molar-refractivity contribution in [3.8, 4) is 0 Å². The van der Waals surface area contributed by atoms with Gasteiger partial charge in [0.05, 0.1) is 6.10 Å². The molecule has 0 aromatic rings. The minimum atomic E-state index is 0.368. The highest BCUT2D eigenvalue weighted by Gasteiger charge is 2.22. The van der Waals surface area contributed by atoms with E-state index in [9.17, 15) is 0 Å². The SMILES string of the molecule is CCCCC(CC)CC(NCCC)C(CC)OC. The van der Waals surface area contributed by atoms with Gasteiger partial charge in [0, 0.05) is 13.2 Å². The lowest BCUT2D eigenvalue weighted by Gasteiger charge is -2.29. The fourth-order valence-corrected chi connectivity index (χ4v) is 2.65. The van der Waals surface area contributed by atoms with Crippen LogP contribution in [0.4, 0.5) is 0 Å². The first kappa shape index (κ1) is 17.9. The molecule has 3 atom stereocenters. The molecule has 0 spiro atoms. The van der Waals surface area contributed by atoms with Gasteiger partial charge in [-0.2, -0.15) is 0 Å². The molecule has 0 radical (unpaired) electrons. The van der Waals surface area contributed by atoms with E-state index in [-0.39, 0.29) is 0 Å². The molecule has 0 bridgehead atoms. The Bertz CT molecular complexity index is 168. The average molecular weight is 257 g/mol. The number of hydrogen-bond acceptors (Lipinski definition) is 2. The Labute approximate surface area is 115 Å². The molecule has 0 aliphatic carbocycles. The van der Waals surface area contributed by atoms with E-state index in [0.29, 0.717) is 12.1 Å². The van der Waals surface area contributed by atoms with Gasteiger partial charge in [-0.05, 0) is 31.7 Å². The van der Waals surface area contributed by atoms with E-state index < -0.39 is 0 Å². The largest absolute Gasteiger partial charge is 0.380 e. The van der Waals surface area contributed by atoms with Crippen molar-refractivity contribution < 1.29 is 4.74 Å². The van der Waals surface area contributed by atoms with Crippen LogP contribution in [0.25, 0.3) is 0 Å². The van der Waals surface area contributed by atoms with Gasteiger partial charge >= 0.3 is 0 Å². The monoisotopic (exact) mass is 257 g/mol. The molecular weight excluding hydrogens is 222 g/mol. The van der Waals surface area contributed by atoms with Crippen molar-refractivity contribution in [2.45, 2.75) is 84.8 Å².